The van der Waals surface area contributed by atoms with Gasteiger partial charge in [-0.25, -0.2) is 6.07 Å². The van der Waals surface area contributed by atoms with Crippen LogP contribution in [0.1, 0.15) is 52.9 Å². The van der Waals surface area contributed by atoms with Crippen molar-refractivity contribution in [1.29, 1.82) is 21.0 Å². The molecule has 0 spiro atoms. The van der Waals surface area contributed by atoms with Gasteiger partial charge in [0, 0.05) is 0 Å². The number of nitrogens with zero attached hydrogens (tertiary/aromatic N) is 4. The number of rotatable bonds is 8. The van der Waals surface area contributed by atoms with Gasteiger partial charge in [0.05, 0.1) is 24.3 Å². The third-order valence-corrected chi connectivity index (χ3v) is 10.2. The Kier molecular flexibility index (Phi) is 25.9. The van der Waals surface area contributed by atoms with Crippen molar-refractivity contribution in [3.05, 3.63) is 23.7 Å². The first-order valence-corrected chi connectivity index (χ1v) is 17.1. The molecule has 0 aliphatic carbocycles. The molecule has 180 valence electrons. The van der Waals surface area contributed by atoms with Gasteiger partial charge in [0.1, 0.15) is 0 Å². The normalized spacial score (nSPS) is 9.66. The molecule has 1 heterocycles. The van der Waals surface area contributed by atoms with Gasteiger partial charge >= 0.3 is 28.2 Å². The van der Waals surface area contributed by atoms with Crippen molar-refractivity contribution < 1.29 is 23.2 Å². The zero-order chi connectivity index (χ0) is 25.6. The Morgan fingerprint density at radius 2 is 1.22 bits per heavy atom. The molecule has 0 amide bonds. The van der Waals surface area contributed by atoms with Crippen LogP contribution in [0, 0.1) is 64.2 Å². The average molecular weight is 676 g/mol. The van der Waals surface area contributed by atoms with Crippen LogP contribution in [0.15, 0.2) is 10.7 Å². The second-order valence-electron chi connectivity index (χ2n) is 6.29. The molecular weight excluding hydrogens is 641 g/mol. The Morgan fingerprint density at radius 1 is 0.875 bits per heavy atom. The fourth-order valence-electron chi connectivity index (χ4n) is 2.58. The maximum atomic E-state index is 9.04. The molecule has 0 aliphatic rings. The van der Waals surface area contributed by atoms with Gasteiger partial charge in [-0.3, -0.25) is 0 Å². The summed E-state index contributed by atoms with van der Waals surface area (Å²) in [4.78, 5) is 0. The summed E-state index contributed by atoms with van der Waals surface area (Å²) < 4.78 is 4.94. The van der Waals surface area contributed by atoms with Crippen LogP contribution in [0.2, 0.25) is 0 Å². The van der Waals surface area contributed by atoms with Crippen molar-refractivity contribution in [2.24, 2.45) is 5.92 Å². The fraction of sp³-hybridized carbons (Fsp3) is 0.652. The third kappa shape index (κ3) is 12.9. The van der Waals surface area contributed by atoms with Crippen LogP contribution in [0.3, 0.4) is 0 Å². The van der Waals surface area contributed by atoms with E-state index >= 15 is 0 Å². The standard InChI is InChI=1S/C11H5N4O.2C6H15P.ClH.Pt/c1-8-2-9(5-16-8)11(6-14,7-15)10(3-12)4-13;2*1-4-7(5-2)6-3;;/h5,10H,1H3;2*4-6H2,1-3H3;1H;/q-1;;;;+2/p-1. The minimum absolute atomic E-state index is 0.114. The number of halogens is 1. The summed E-state index contributed by atoms with van der Waals surface area (Å²) >= 11 is 1.61. The first-order chi connectivity index (χ1) is 15.3. The van der Waals surface area contributed by atoms with Crippen LogP contribution < -0.4 is 0 Å². The quantitative estimate of drug-likeness (QED) is 0.216. The van der Waals surface area contributed by atoms with E-state index in [2.05, 4.69) is 57.0 Å². The molecule has 0 N–H and O–H groups in total. The van der Waals surface area contributed by atoms with Crippen molar-refractivity contribution in [2.45, 2.75) is 53.9 Å². The van der Waals surface area contributed by atoms with E-state index in [4.69, 9.17) is 25.5 Å². The molecule has 32 heavy (non-hydrogen) atoms. The molecule has 1 aromatic heterocycles. The van der Waals surface area contributed by atoms with Crippen LogP contribution in [0.25, 0.3) is 0 Å². The summed E-state index contributed by atoms with van der Waals surface area (Å²) in [6.07, 6.45) is 9.68. The summed E-state index contributed by atoms with van der Waals surface area (Å²) in [5.41, 5.74) is -1.73. The number of furan rings is 1. The average Bonchev–Trinajstić information content (AvgIpc) is 3.28. The van der Waals surface area contributed by atoms with E-state index in [0.717, 1.165) is 0 Å². The first kappa shape index (κ1) is 35.7. The summed E-state index contributed by atoms with van der Waals surface area (Å²) in [5.74, 6) is -0.991. The topological polar surface area (TPSA) is 108 Å². The molecule has 9 heteroatoms. The van der Waals surface area contributed by atoms with E-state index in [-0.39, 0.29) is 5.56 Å². The van der Waals surface area contributed by atoms with Crippen molar-refractivity contribution >= 4 is 25.3 Å². The van der Waals surface area contributed by atoms with E-state index < -0.39 is 11.3 Å². The number of hydrogen-bond donors (Lipinski definition) is 0. The number of hydrogen-bond acceptors (Lipinski definition) is 5. The molecule has 1 aromatic rings. The van der Waals surface area contributed by atoms with Crippen molar-refractivity contribution in [1.82, 2.24) is 0 Å². The van der Waals surface area contributed by atoms with E-state index in [1.165, 1.54) is 43.2 Å². The van der Waals surface area contributed by atoms with Gasteiger partial charge in [0.25, 0.3) is 0 Å². The molecule has 0 aromatic carbocycles. The monoisotopic (exact) mass is 675 g/mol. The van der Waals surface area contributed by atoms with Crippen molar-refractivity contribution in [3.8, 4) is 24.3 Å². The zero-order valence-electron chi connectivity index (χ0n) is 20.2. The van der Waals surface area contributed by atoms with Gasteiger partial charge in [0.2, 0.25) is 0 Å². The molecule has 0 radical (unpaired) electrons. The van der Waals surface area contributed by atoms with Crippen molar-refractivity contribution in [2.75, 3.05) is 37.0 Å². The molecule has 0 aliphatic heterocycles. The minimum atomic E-state index is -1.85. The summed E-state index contributed by atoms with van der Waals surface area (Å²) in [7, 11) is 5.50. The Balaban J connectivity index is -0.000000439. The van der Waals surface area contributed by atoms with E-state index in [1.54, 1.807) is 50.0 Å². The SMILES string of the molecule is CCP(CC)CC.CCP(CC)CC.Cc1[c-]c(C(C#N)(C#N)C(C#N)C#N)co1.[Cl][Pt+]. The second kappa shape index (κ2) is 23.2. The second-order valence-corrected chi connectivity index (χ2v) is 12.8. The van der Waals surface area contributed by atoms with E-state index in [9.17, 15) is 0 Å². The molecule has 5 nitrogen and oxygen atoms in total. The van der Waals surface area contributed by atoms with Gasteiger partial charge < -0.3 is 4.42 Å². The van der Waals surface area contributed by atoms with Crippen LogP contribution >= 0.6 is 25.3 Å². The van der Waals surface area contributed by atoms with Gasteiger partial charge in [-0.1, -0.05) is 47.8 Å². The Bertz CT molecular complexity index is 703. The number of nitriles is 4. The third-order valence-electron chi connectivity index (χ3n) is 4.82. The molecule has 0 bridgehead atoms. The van der Waals surface area contributed by atoms with E-state index in [0.29, 0.717) is 21.6 Å². The van der Waals surface area contributed by atoms with Gasteiger partial charge in [0.15, 0.2) is 11.3 Å². The number of aryl methyl sites for hydroxylation is 1. The van der Waals surface area contributed by atoms with Crippen LogP contribution in [0.4, 0.5) is 0 Å². The molecule has 0 saturated carbocycles. The van der Waals surface area contributed by atoms with Gasteiger partial charge in [-0.05, 0) is 49.7 Å². The molecule has 0 atom stereocenters. The molecule has 0 saturated heterocycles. The molecule has 0 fully saturated rings. The van der Waals surface area contributed by atoms with Crippen LogP contribution in [-0.4, -0.2) is 37.0 Å². The summed E-state index contributed by atoms with van der Waals surface area (Å²) in [6.45, 7) is 15.3. The Morgan fingerprint density at radius 3 is 1.38 bits per heavy atom. The Labute approximate surface area is 213 Å². The maximum absolute atomic E-state index is 9.04. The predicted molar refractivity (Wildman–Crippen MR) is 133 cm³/mol. The van der Waals surface area contributed by atoms with Crippen molar-refractivity contribution in [3.63, 3.8) is 0 Å². The zero-order valence-corrected chi connectivity index (χ0v) is 25.0. The van der Waals surface area contributed by atoms with Crippen LogP contribution in [0.5, 0.6) is 0 Å². The molecular formula is C23H35ClN4OP2Pt. The predicted octanol–water partition coefficient (Wildman–Crippen LogP) is 7.08. The molecule has 1 rings (SSSR count). The molecule has 0 unspecified atom stereocenters. The summed E-state index contributed by atoms with van der Waals surface area (Å²) in [5, 5.41) is 35.6. The first-order valence-electron chi connectivity index (χ1n) is 10.5. The van der Waals surface area contributed by atoms with Gasteiger partial charge in [-0.2, -0.15) is 21.0 Å². The van der Waals surface area contributed by atoms with E-state index in [1.807, 2.05) is 0 Å². The summed E-state index contributed by atoms with van der Waals surface area (Å²) in [6, 6.07) is 9.32. The Hall–Kier alpha value is -0.922. The fourth-order valence-corrected chi connectivity index (χ4v) is 5.26. The van der Waals surface area contributed by atoms with Crippen LogP contribution in [-0.2, 0) is 24.2 Å². The van der Waals surface area contributed by atoms with Gasteiger partial charge in [-0.15, -0.1) is 21.4 Å².